The van der Waals surface area contributed by atoms with Crippen LogP contribution in [0.25, 0.3) is 39.3 Å². The summed E-state index contributed by atoms with van der Waals surface area (Å²) in [6.45, 7) is 0. The number of fused-ring (bicyclic) bond motifs is 1. The van der Waals surface area contributed by atoms with Crippen molar-refractivity contribution >= 4 is 27.7 Å². The Kier molecular flexibility index (Phi) is 5.53. The van der Waals surface area contributed by atoms with Gasteiger partial charge in [-0.3, -0.25) is 4.98 Å². The van der Waals surface area contributed by atoms with E-state index in [-0.39, 0.29) is 0 Å². The van der Waals surface area contributed by atoms with Crippen LogP contribution in [0.1, 0.15) is 24.8 Å². The second kappa shape index (κ2) is 8.87. The summed E-state index contributed by atoms with van der Waals surface area (Å²) < 4.78 is 2.59. The van der Waals surface area contributed by atoms with Gasteiger partial charge in [0.1, 0.15) is 10.3 Å². The molecule has 1 fully saturated rings. The van der Waals surface area contributed by atoms with Gasteiger partial charge < -0.3 is 10.4 Å². The van der Waals surface area contributed by atoms with Crippen molar-refractivity contribution in [2.75, 3.05) is 0 Å². The number of nitrogens with one attached hydrogen (secondary N) is 1. The van der Waals surface area contributed by atoms with Crippen LogP contribution in [0.3, 0.4) is 0 Å². The van der Waals surface area contributed by atoms with Crippen LogP contribution in [0.2, 0.25) is 0 Å². The normalized spacial score (nSPS) is 14.4. The zero-order valence-electron chi connectivity index (χ0n) is 19.2. The lowest BCUT2D eigenvalue weighted by molar-refractivity contribution is 0.144. The molecule has 0 atom stereocenters. The summed E-state index contributed by atoms with van der Waals surface area (Å²) in [5.41, 5.74) is 6.78. The molecule has 2 N–H and O–H groups in total. The zero-order chi connectivity index (χ0) is 24.7. The number of halogens is 1. The van der Waals surface area contributed by atoms with Gasteiger partial charge in [0.15, 0.2) is 5.65 Å². The van der Waals surface area contributed by atoms with Crippen LogP contribution in [-0.4, -0.2) is 30.8 Å². The number of hydrogen-bond donors (Lipinski definition) is 2. The third kappa shape index (κ3) is 3.83. The molecule has 0 saturated heterocycles. The van der Waals surface area contributed by atoms with Crippen molar-refractivity contribution in [3.63, 3.8) is 0 Å². The maximum atomic E-state index is 11.4. The molecule has 0 unspecified atom stereocenters. The van der Waals surface area contributed by atoms with Crippen molar-refractivity contribution in [2.24, 2.45) is 0 Å². The van der Waals surface area contributed by atoms with Crippen molar-refractivity contribution in [3.8, 4) is 33.6 Å². The fourth-order valence-corrected chi connectivity index (χ4v) is 5.35. The third-order valence-corrected chi connectivity index (χ3v) is 7.24. The molecule has 1 amide bonds. The van der Waals surface area contributed by atoms with E-state index in [2.05, 4.69) is 38.4 Å². The SMILES string of the molecule is O=C(O)NC1(c2ccc(-c3nc4c(-c5ccncc5)cc(Br)nn4c3-c3ccccc3)cc2)CCC1. The molecule has 0 spiro atoms. The molecule has 2 aromatic carbocycles. The van der Waals surface area contributed by atoms with Gasteiger partial charge in [0, 0.05) is 29.1 Å². The topological polar surface area (TPSA) is 92.4 Å². The van der Waals surface area contributed by atoms with Gasteiger partial charge in [-0.25, -0.2) is 14.3 Å². The highest BCUT2D eigenvalue weighted by molar-refractivity contribution is 9.10. The zero-order valence-corrected chi connectivity index (χ0v) is 20.8. The Labute approximate surface area is 216 Å². The molecule has 0 aliphatic heterocycles. The fraction of sp³-hybridized carbons (Fsp3) is 0.143. The van der Waals surface area contributed by atoms with Gasteiger partial charge in [-0.15, -0.1) is 0 Å². The van der Waals surface area contributed by atoms with E-state index in [0.717, 1.165) is 64.1 Å². The Morgan fingerprint density at radius 2 is 1.67 bits per heavy atom. The Balaban J connectivity index is 1.54. The summed E-state index contributed by atoms with van der Waals surface area (Å²) in [4.78, 5) is 20.7. The van der Waals surface area contributed by atoms with Crippen molar-refractivity contribution in [1.29, 1.82) is 0 Å². The van der Waals surface area contributed by atoms with Crippen LogP contribution in [-0.2, 0) is 5.54 Å². The largest absolute Gasteiger partial charge is 0.465 e. The van der Waals surface area contributed by atoms with Gasteiger partial charge in [-0.2, -0.15) is 5.10 Å². The Hall–Kier alpha value is -4.04. The van der Waals surface area contributed by atoms with Gasteiger partial charge in [0.2, 0.25) is 0 Å². The minimum Gasteiger partial charge on any atom is -0.465 e. The van der Waals surface area contributed by atoms with Crippen LogP contribution < -0.4 is 5.32 Å². The first kappa shape index (κ1) is 22.4. The van der Waals surface area contributed by atoms with E-state index in [1.165, 1.54) is 0 Å². The predicted octanol–water partition coefficient (Wildman–Crippen LogP) is 6.53. The molecule has 8 heteroatoms. The highest BCUT2D eigenvalue weighted by Crippen LogP contribution is 2.42. The lowest BCUT2D eigenvalue weighted by Gasteiger charge is -2.42. The predicted molar refractivity (Wildman–Crippen MR) is 141 cm³/mol. The first-order valence-electron chi connectivity index (χ1n) is 11.7. The Bertz CT molecular complexity index is 1560. The second-order valence-corrected chi connectivity index (χ2v) is 9.78. The molecule has 1 aliphatic rings. The molecule has 1 saturated carbocycles. The van der Waals surface area contributed by atoms with E-state index < -0.39 is 11.6 Å². The number of nitrogens with zero attached hydrogens (tertiary/aromatic N) is 4. The summed E-state index contributed by atoms with van der Waals surface area (Å²) in [6, 6.07) is 24.0. The number of hydrogen-bond acceptors (Lipinski definition) is 4. The van der Waals surface area contributed by atoms with E-state index in [0.29, 0.717) is 4.60 Å². The molecule has 3 heterocycles. The first-order chi connectivity index (χ1) is 17.5. The number of carbonyl (C=O) groups is 1. The van der Waals surface area contributed by atoms with E-state index >= 15 is 0 Å². The van der Waals surface area contributed by atoms with Crippen LogP contribution >= 0.6 is 15.9 Å². The lowest BCUT2D eigenvalue weighted by atomic mass is 9.72. The molecule has 178 valence electrons. The third-order valence-electron chi connectivity index (χ3n) is 6.86. The highest BCUT2D eigenvalue weighted by atomic mass is 79.9. The second-order valence-electron chi connectivity index (χ2n) is 8.97. The fourth-order valence-electron chi connectivity index (χ4n) is 4.96. The van der Waals surface area contributed by atoms with Crippen molar-refractivity contribution in [2.45, 2.75) is 24.8 Å². The maximum absolute atomic E-state index is 11.4. The quantitative estimate of drug-likeness (QED) is 0.264. The number of benzene rings is 2. The summed E-state index contributed by atoms with van der Waals surface area (Å²) >= 11 is 3.59. The number of pyridine rings is 1. The number of amides is 1. The van der Waals surface area contributed by atoms with Crippen LogP contribution in [0.5, 0.6) is 0 Å². The molecular formula is C28H22BrN5O2. The van der Waals surface area contributed by atoms with E-state index in [1.54, 1.807) is 12.4 Å². The molecule has 5 aromatic rings. The van der Waals surface area contributed by atoms with Gasteiger partial charge in [0.25, 0.3) is 0 Å². The molecule has 0 bridgehead atoms. The summed E-state index contributed by atoms with van der Waals surface area (Å²) in [6.07, 6.45) is 5.14. The Morgan fingerprint density at radius 1 is 0.944 bits per heavy atom. The molecule has 36 heavy (non-hydrogen) atoms. The maximum Gasteiger partial charge on any atom is 0.405 e. The molecule has 6 rings (SSSR count). The van der Waals surface area contributed by atoms with Crippen LogP contribution in [0.4, 0.5) is 4.79 Å². The molecular weight excluding hydrogens is 518 g/mol. The highest BCUT2D eigenvalue weighted by Gasteiger charge is 2.40. The number of imidazole rings is 1. The van der Waals surface area contributed by atoms with Crippen molar-refractivity contribution in [1.82, 2.24) is 24.9 Å². The van der Waals surface area contributed by atoms with Crippen molar-refractivity contribution in [3.05, 3.63) is 95.4 Å². The number of rotatable bonds is 5. The van der Waals surface area contributed by atoms with Gasteiger partial charge >= 0.3 is 6.09 Å². The van der Waals surface area contributed by atoms with E-state index in [4.69, 9.17) is 10.1 Å². The molecule has 3 aromatic heterocycles. The van der Waals surface area contributed by atoms with Gasteiger partial charge in [0.05, 0.1) is 11.2 Å². The van der Waals surface area contributed by atoms with Crippen LogP contribution in [0, 0.1) is 0 Å². The summed E-state index contributed by atoms with van der Waals surface area (Å²) in [5, 5.41) is 16.9. The van der Waals surface area contributed by atoms with Crippen molar-refractivity contribution < 1.29 is 9.90 Å². The first-order valence-corrected chi connectivity index (χ1v) is 12.5. The van der Waals surface area contributed by atoms with Gasteiger partial charge in [-0.05, 0) is 64.5 Å². The minimum absolute atomic E-state index is 0.507. The van der Waals surface area contributed by atoms with Gasteiger partial charge in [-0.1, -0.05) is 54.6 Å². The monoisotopic (exact) mass is 539 g/mol. The summed E-state index contributed by atoms with van der Waals surface area (Å²) in [5.74, 6) is 0. The van der Waals surface area contributed by atoms with E-state index in [9.17, 15) is 9.90 Å². The molecule has 1 aliphatic carbocycles. The molecule has 0 radical (unpaired) electrons. The van der Waals surface area contributed by atoms with E-state index in [1.807, 2.05) is 65.2 Å². The average Bonchev–Trinajstić information content (AvgIpc) is 3.26. The average molecular weight is 540 g/mol. The lowest BCUT2D eigenvalue weighted by Crippen LogP contribution is -2.50. The Morgan fingerprint density at radius 3 is 2.31 bits per heavy atom. The number of carboxylic acid groups (broad SMARTS) is 1. The number of aromatic nitrogens is 4. The van der Waals surface area contributed by atoms with Crippen LogP contribution in [0.15, 0.2) is 89.8 Å². The smallest absolute Gasteiger partial charge is 0.405 e. The summed E-state index contributed by atoms with van der Waals surface area (Å²) in [7, 11) is 0. The minimum atomic E-state index is -0.995. The molecule has 7 nitrogen and oxygen atoms in total. The standard InChI is InChI=1S/C28H22BrN5O2/c29-23-17-22(18-11-15-30-16-12-18)26-31-24(25(34(26)33-23)20-5-2-1-3-6-20)19-7-9-21(10-8-19)28(13-4-14-28)32-27(35)36/h1-3,5-12,15-17,32H,4,13-14H2,(H,35,36).